The van der Waals surface area contributed by atoms with Crippen LogP contribution >= 0.6 is 0 Å². The van der Waals surface area contributed by atoms with E-state index in [1.54, 1.807) is 15.8 Å². The molecule has 5 rings (SSSR count). The van der Waals surface area contributed by atoms with Gasteiger partial charge in [0.25, 0.3) is 0 Å². The number of benzene rings is 1. The van der Waals surface area contributed by atoms with Crippen molar-refractivity contribution in [2.75, 3.05) is 34.8 Å². The van der Waals surface area contributed by atoms with Crippen LogP contribution in [0.3, 0.4) is 0 Å². The number of carbonyl (C=O) groups is 2. The van der Waals surface area contributed by atoms with Crippen LogP contribution in [0, 0.1) is 6.92 Å². The van der Waals surface area contributed by atoms with Gasteiger partial charge < -0.3 is 15.0 Å². The molecule has 0 radical (unpaired) electrons. The molecule has 202 valence electrons. The van der Waals surface area contributed by atoms with Crippen molar-refractivity contribution < 1.29 is 14.3 Å². The zero-order valence-corrected chi connectivity index (χ0v) is 23.3. The first-order valence-electron chi connectivity index (χ1n) is 13.2. The van der Waals surface area contributed by atoms with Gasteiger partial charge in [-0.1, -0.05) is 0 Å². The molecule has 10 heteroatoms. The Kier molecular flexibility index (Phi) is 6.44. The minimum atomic E-state index is -0.536. The molecule has 1 aromatic carbocycles. The Labute approximate surface area is 223 Å². The SMILES string of the molecule is Cc1cc2nn(C)cc2cc1NC(=O)N1CCc2c(N3C[C@@H](C)N(C(=O)OC(C)(C)C)[C@@H](C)C3)ccnc21. The Morgan fingerprint density at radius 3 is 2.53 bits per heavy atom. The highest BCUT2D eigenvalue weighted by atomic mass is 16.6. The van der Waals surface area contributed by atoms with E-state index in [1.807, 2.05) is 64.0 Å². The maximum Gasteiger partial charge on any atom is 0.410 e. The van der Waals surface area contributed by atoms with E-state index in [-0.39, 0.29) is 24.2 Å². The minimum absolute atomic E-state index is 0.0245. The lowest BCUT2D eigenvalue weighted by atomic mass is 10.1. The molecule has 1 N–H and O–H groups in total. The summed E-state index contributed by atoms with van der Waals surface area (Å²) >= 11 is 0. The highest BCUT2D eigenvalue weighted by Crippen LogP contribution is 2.36. The number of pyridine rings is 1. The lowest BCUT2D eigenvalue weighted by Crippen LogP contribution is -2.59. The zero-order valence-electron chi connectivity index (χ0n) is 23.3. The van der Waals surface area contributed by atoms with Gasteiger partial charge in [-0.25, -0.2) is 14.6 Å². The van der Waals surface area contributed by atoms with Gasteiger partial charge in [0.1, 0.15) is 11.4 Å². The number of rotatable bonds is 2. The molecule has 2 atom stereocenters. The Morgan fingerprint density at radius 2 is 1.84 bits per heavy atom. The minimum Gasteiger partial charge on any atom is -0.444 e. The number of fused-ring (bicyclic) bond motifs is 2. The molecular formula is C28H37N7O3. The van der Waals surface area contributed by atoms with Gasteiger partial charge in [0, 0.05) is 61.4 Å². The molecule has 3 amide bonds. The first-order chi connectivity index (χ1) is 17.9. The molecule has 10 nitrogen and oxygen atoms in total. The maximum atomic E-state index is 13.4. The highest BCUT2D eigenvalue weighted by molar-refractivity contribution is 6.04. The normalized spacial score (nSPS) is 19.6. The number of hydrogen-bond donors (Lipinski definition) is 1. The number of urea groups is 1. The quantitative estimate of drug-likeness (QED) is 0.527. The van der Waals surface area contributed by atoms with Crippen molar-refractivity contribution in [3.8, 4) is 0 Å². The number of amides is 3. The molecule has 3 aromatic rings. The second-order valence-corrected chi connectivity index (χ2v) is 11.5. The Hall–Kier alpha value is -3.82. The van der Waals surface area contributed by atoms with Crippen LogP contribution in [0.4, 0.5) is 26.8 Å². The second-order valence-electron chi connectivity index (χ2n) is 11.5. The van der Waals surface area contributed by atoms with E-state index in [9.17, 15) is 9.59 Å². The predicted molar refractivity (Wildman–Crippen MR) is 149 cm³/mol. The number of nitrogens with one attached hydrogen (secondary N) is 1. The third-order valence-electron chi connectivity index (χ3n) is 7.17. The standard InChI is InChI=1S/C28H37N7O3/c1-17-12-23-20(16-32(7)31-23)13-22(17)30-26(36)34-11-9-21-24(8-10-29-25(21)34)33-14-18(2)35(19(3)15-33)27(37)38-28(4,5)6/h8,10,12-13,16,18-19H,9,11,14-15H2,1-7H3,(H,30,36)/t18-,19+. The van der Waals surface area contributed by atoms with E-state index in [2.05, 4.69) is 34.1 Å². The van der Waals surface area contributed by atoms with Crippen LogP contribution in [0.1, 0.15) is 45.7 Å². The number of carbonyl (C=O) groups excluding carboxylic acids is 2. The van der Waals surface area contributed by atoms with Crippen molar-refractivity contribution in [3.05, 3.63) is 41.7 Å². The molecule has 2 aromatic heterocycles. The fourth-order valence-electron chi connectivity index (χ4n) is 5.58. The lowest BCUT2D eigenvalue weighted by Gasteiger charge is -2.45. The van der Waals surface area contributed by atoms with Crippen molar-refractivity contribution >= 4 is 40.2 Å². The zero-order chi connectivity index (χ0) is 27.4. The molecule has 1 saturated heterocycles. The fraction of sp³-hybridized carbons (Fsp3) is 0.500. The largest absolute Gasteiger partial charge is 0.444 e. The molecule has 2 aliphatic heterocycles. The third kappa shape index (κ3) is 4.87. The molecular weight excluding hydrogens is 482 g/mol. The van der Waals surface area contributed by atoms with Gasteiger partial charge in [-0.15, -0.1) is 0 Å². The van der Waals surface area contributed by atoms with E-state index in [4.69, 9.17) is 4.74 Å². The Balaban J connectivity index is 1.33. The molecule has 0 unspecified atom stereocenters. The van der Waals surface area contributed by atoms with Crippen LogP contribution in [-0.4, -0.2) is 69.1 Å². The maximum absolute atomic E-state index is 13.4. The second kappa shape index (κ2) is 9.49. The molecule has 38 heavy (non-hydrogen) atoms. The third-order valence-corrected chi connectivity index (χ3v) is 7.17. The number of ether oxygens (including phenoxy) is 1. The van der Waals surface area contributed by atoms with Gasteiger partial charge in [0.2, 0.25) is 0 Å². The van der Waals surface area contributed by atoms with E-state index in [1.165, 1.54) is 0 Å². The fourth-order valence-corrected chi connectivity index (χ4v) is 5.58. The van der Waals surface area contributed by atoms with Gasteiger partial charge in [-0.2, -0.15) is 5.10 Å². The lowest BCUT2D eigenvalue weighted by molar-refractivity contribution is 0.00565. The van der Waals surface area contributed by atoms with Crippen molar-refractivity contribution in [2.45, 2.75) is 65.6 Å². The molecule has 4 heterocycles. The van der Waals surface area contributed by atoms with Gasteiger partial charge in [0.05, 0.1) is 17.6 Å². The smallest absolute Gasteiger partial charge is 0.410 e. The molecule has 0 saturated carbocycles. The Morgan fingerprint density at radius 1 is 1.13 bits per heavy atom. The van der Waals surface area contributed by atoms with Crippen molar-refractivity contribution in [1.82, 2.24) is 19.7 Å². The average molecular weight is 520 g/mol. The van der Waals surface area contributed by atoms with Crippen LogP contribution in [0.5, 0.6) is 0 Å². The van der Waals surface area contributed by atoms with E-state index < -0.39 is 5.60 Å². The summed E-state index contributed by atoms with van der Waals surface area (Å²) in [6.07, 6.45) is 4.15. The van der Waals surface area contributed by atoms with Gasteiger partial charge in [-0.3, -0.25) is 14.5 Å². The summed E-state index contributed by atoms with van der Waals surface area (Å²) in [4.78, 5) is 36.7. The summed E-state index contributed by atoms with van der Waals surface area (Å²) < 4.78 is 7.43. The van der Waals surface area contributed by atoms with Gasteiger partial charge in [0.15, 0.2) is 0 Å². The number of anilines is 3. The molecule has 2 aliphatic rings. The van der Waals surface area contributed by atoms with Crippen LogP contribution < -0.4 is 15.1 Å². The monoisotopic (exact) mass is 519 g/mol. The summed E-state index contributed by atoms with van der Waals surface area (Å²) in [5.74, 6) is 0.690. The van der Waals surface area contributed by atoms with E-state index in [0.717, 1.165) is 39.8 Å². The highest BCUT2D eigenvalue weighted by Gasteiger charge is 2.37. The van der Waals surface area contributed by atoms with Crippen LogP contribution in [-0.2, 0) is 18.2 Å². The summed E-state index contributed by atoms with van der Waals surface area (Å²) in [6, 6.07) is 5.72. The summed E-state index contributed by atoms with van der Waals surface area (Å²) in [7, 11) is 1.89. The number of aromatic nitrogens is 3. The van der Waals surface area contributed by atoms with Gasteiger partial charge in [-0.05, 0) is 71.7 Å². The van der Waals surface area contributed by atoms with Crippen molar-refractivity contribution in [3.63, 3.8) is 0 Å². The number of aryl methyl sites for hydroxylation is 2. The molecule has 0 spiro atoms. The Bertz CT molecular complexity index is 1380. The molecule has 1 fully saturated rings. The summed E-state index contributed by atoms with van der Waals surface area (Å²) in [5, 5.41) is 8.51. The molecule has 0 aliphatic carbocycles. The van der Waals surface area contributed by atoms with Crippen molar-refractivity contribution in [1.29, 1.82) is 0 Å². The number of piperazine rings is 1. The summed E-state index contributed by atoms with van der Waals surface area (Å²) in [5.41, 5.74) is 4.22. The van der Waals surface area contributed by atoms with E-state index >= 15 is 0 Å². The number of hydrogen-bond acceptors (Lipinski definition) is 6. The van der Waals surface area contributed by atoms with Crippen LogP contribution in [0.2, 0.25) is 0 Å². The van der Waals surface area contributed by atoms with Gasteiger partial charge >= 0.3 is 12.1 Å². The predicted octanol–water partition coefficient (Wildman–Crippen LogP) is 4.71. The molecule has 0 bridgehead atoms. The summed E-state index contributed by atoms with van der Waals surface area (Å²) in [6.45, 7) is 13.6. The van der Waals surface area contributed by atoms with Crippen LogP contribution in [0.15, 0.2) is 30.6 Å². The number of nitrogens with zero attached hydrogens (tertiary/aromatic N) is 6. The van der Waals surface area contributed by atoms with Crippen LogP contribution in [0.25, 0.3) is 10.9 Å². The van der Waals surface area contributed by atoms with Crippen molar-refractivity contribution in [2.24, 2.45) is 7.05 Å². The first kappa shape index (κ1) is 25.8. The topological polar surface area (TPSA) is 95.8 Å². The van der Waals surface area contributed by atoms with E-state index in [0.29, 0.717) is 25.5 Å². The average Bonchev–Trinajstić information content (AvgIpc) is 3.39. The first-order valence-corrected chi connectivity index (χ1v) is 13.2.